The number of fused-ring (bicyclic) bond motifs is 1. The Morgan fingerprint density at radius 1 is 1.32 bits per heavy atom. The van der Waals surface area contributed by atoms with Crippen molar-refractivity contribution in [2.45, 2.75) is 46.2 Å². The Kier molecular flexibility index (Phi) is 6.49. The standard InChI is InChI=1S/C19H27N3O2.ClH/c1-11-8-15(18-16(9-11)12(2)13(3)22-18)10-21-19(23)17(20)14-4-6-24-7-5-14;/h8-9,14,17,22H,4-7,10,20H2,1-3H3,(H,21,23);1H. The van der Waals surface area contributed by atoms with Crippen LogP contribution in [0.25, 0.3) is 10.9 Å². The Morgan fingerprint density at radius 2 is 2.00 bits per heavy atom. The van der Waals surface area contributed by atoms with Gasteiger partial charge in [0.25, 0.3) is 0 Å². The SMILES string of the molecule is Cc1cc(CNC(=O)C(N)C2CCOCC2)c2[nH]c(C)c(C)c2c1.Cl. The number of amides is 1. The van der Waals surface area contributed by atoms with Crippen molar-refractivity contribution in [2.24, 2.45) is 11.7 Å². The zero-order chi connectivity index (χ0) is 17.3. The van der Waals surface area contributed by atoms with Crippen molar-refractivity contribution in [3.8, 4) is 0 Å². The molecule has 1 aliphatic rings. The first kappa shape index (κ1) is 19.8. The zero-order valence-corrected chi connectivity index (χ0v) is 16.0. The minimum absolute atomic E-state index is 0. The van der Waals surface area contributed by atoms with Crippen LogP contribution in [0, 0.1) is 26.7 Å². The van der Waals surface area contributed by atoms with Gasteiger partial charge in [-0.15, -0.1) is 12.4 Å². The Labute approximate surface area is 155 Å². The van der Waals surface area contributed by atoms with Crippen LogP contribution in [0.4, 0.5) is 0 Å². The molecular weight excluding hydrogens is 338 g/mol. The molecule has 1 aromatic carbocycles. The summed E-state index contributed by atoms with van der Waals surface area (Å²) in [5.74, 6) is 0.141. The summed E-state index contributed by atoms with van der Waals surface area (Å²) in [4.78, 5) is 15.9. The number of aromatic amines is 1. The summed E-state index contributed by atoms with van der Waals surface area (Å²) in [7, 11) is 0. The van der Waals surface area contributed by atoms with E-state index in [1.54, 1.807) is 0 Å². The molecule has 2 aromatic rings. The molecule has 0 radical (unpaired) electrons. The number of aryl methyl sites for hydroxylation is 3. The average molecular weight is 366 g/mol. The third-order valence-electron chi connectivity index (χ3n) is 5.17. The van der Waals surface area contributed by atoms with Gasteiger partial charge in [0.05, 0.1) is 11.6 Å². The van der Waals surface area contributed by atoms with Crippen molar-refractivity contribution in [1.82, 2.24) is 10.3 Å². The fraction of sp³-hybridized carbons (Fsp3) is 0.526. The number of carbonyl (C=O) groups excluding carboxylic acids is 1. The summed E-state index contributed by atoms with van der Waals surface area (Å²) in [5, 5.41) is 4.25. The number of rotatable bonds is 4. The van der Waals surface area contributed by atoms with Crippen molar-refractivity contribution in [2.75, 3.05) is 13.2 Å². The lowest BCUT2D eigenvalue weighted by Crippen LogP contribution is -2.46. The van der Waals surface area contributed by atoms with Crippen molar-refractivity contribution in [1.29, 1.82) is 0 Å². The normalized spacial score (nSPS) is 16.5. The zero-order valence-electron chi connectivity index (χ0n) is 15.1. The summed E-state index contributed by atoms with van der Waals surface area (Å²) in [6, 6.07) is 3.85. The van der Waals surface area contributed by atoms with E-state index in [2.05, 4.69) is 43.2 Å². The lowest BCUT2D eigenvalue weighted by Gasteiger charge is -2.26. The monoisotopic (exact) mass is 365 g/mol. The Morgan fingerprint density at radius 3 is 2.68 bits per heavy atom. The summed E-state index contributed by atoms with van der Waals surface area (Å²) in [5.41, 5.74) is 12.0. The second kappa shape index (κ2) is 8.21. The molecule has 138 valence electrons. The van der Waals surface area contributed by atoms with Gasteiger partial charge in [-0.1, -0.05) is 11.6 Å². The van der Waals surface area contributed by atoms with Gasteiger partial charge in [-0.25, -0.2) is 0 Å². The predicted molar refractivity (Wildman–Crippen MR) is 103 cm³/mol. The molecule has 0 spiro atoms. The fourth-order valence-corrected chi connectivity index (χ4v) is 3.52. The van der Waals surface area contributed by atoms with Crippen molar-refractivity contribution in [3.63, 3.8) is 0 Å². The van der Waals surface area contributed by atoms with E-state index in [9.17, 15) is 4.79 Å². The highest BCUT2D eigenvalue weighted by Crippen LogP contribution is 2.26. The topological polar surface area (TPSA) is 80.1 Å². The number of nitrogens with two attached hydrogens (primary N) is 1. The Hall–Kier alpha value is -1.56. The minimum atomic E-state index is -0.457. The number of nitrogens with one attached hydrogen (secondary N) is 2. The highest BCUT2D eigenvalue weighted by atomic mass is 35.5. The van der Waals surface area contributed by atoms with Gasteiger partial charge in [-0.05, 0) is 56.7 Å². The third kappa shape index (κ3) is 4.17. The number of benzene rings is 1. The van der Waals surface area contributed by atoms with Crippen molar-refractivity contribution >= 4 is 29.2 Å². The van der Waals surface area contributed by atoms with E-state index in [-0.39, 0.29) is 24.2 Å². The fourth-order valence-electron chi connectivity index (χ4n) is 3.52. The molecule has 5 nitrogen and oxygen atoms in total. The van der Waals surface area contributed by atoms with Crippen LogP contribution >= 0.6 is 12.4 Å². The maximum atomic E-state index is 12.4. The van der Waals surface area contributed by atoms with Gasteiger partial charge in [-0.2, -0.15) is 0 Å². The van der Waals surface area contributed by atoms with E-state index >= 15 is 0 Å². The lowest BCUT2D eigenvalue weighted by atomic mass is 9.92. The van der Waals surface area contributed by atoms with Crippen LogP contribution in [-0.2, 0) is 16.1 Å². The van der Waals surface area contributed by atoms with Crippen LogP contribution in [0.5, 0.6) is 0 Å². The number of halogens is 1. The molecule has 0 bridgehead atoms. The van der Waals surface area contributed by atoms with E-state index in [0.29, 0.717) is 19.8 Å². The molecule has 1 atom stereocenters. The molecule has 6 heteroatoms. The van der Waals surface area contributed by atoms with Crippen molar-refractivity contribution in [3.05, 3.63) is 34.5 Å². The first-order chi connectivity index (χ1) is 11.5. The van der Waals surface area contributed by atoms with Crippen LogP contribution in [-0.4, -0.2) is 30.1 Å². The highest BCUT2D eigenvalue weighted by Gasteiger charge is 2.26. The van der Waals surface area contributed by atoms with Crippen LogP contribution in [0.1, 0.15) is 35.2 Å². The molecule has 2 heterocycles. The quantitative estimate of drug-likeness (QED) is 0.779. The van der Waals surface area contributed by atoms with E-state index in [0.717, 1.165) is 23.9 Å². The molecule has 1 unspecified atom stereocenters. The van der Waals surface area contributed by atoms with Gasteiger partial charge in [0.15, 0.2) is 0 Å². The highest BCUT2D eigenvalue weighted by molar-refractivity contribution is 5.88. The molecule has 25 heavy (non-hydrogen) atoms. The molecule has 4 N–H and O–H groups in total. The molecule has 3 rings (SSSR count). The average Bonchev–Trinajstić information content (AvgIpc) is 2.87. The summed E-state index contributed by atoms with van der Waals surface area (Å²) in [6.07, 6.45) is 1.72. The molecule has 1 fully saturated rings. The van der Waals surface area contributed by atoms with E-state index in [1.807, 2.05) is 0 Å². The van der Waals surface area contributed by atoms with Gasteiger partial charge in [0.2, 0.25) is 5.91 Å². The van der Waals surface area contributed by atoms with Gasteiger partial charge in [0.1, 0.15) is 0 Å². The van der Waals surface area contributed by atoms with Crippen LogP contribution in [0.3, 0.4) is 0 Å². The van der Waals surface area contributed by atoms with Gasteiger partial charge < -0.3 is 20.8 Å². The first-order valence-electron chi connectivity index (χ1n) is 8.67. The van der Waals surface area contributed by atoms with E-state index < -0.39 is 6.04 Å². The molecule has 1 aromatic heterocycles. The van der Waals surface area contributed by atoms with E-state index in [4.69, 9.17) is 10.5 Å². The largest absolute Gasteiger partial charge is 0.381 e. The minimum Gasteiger partial charge on any atom is -0.381 e. The number of H-pyrrole nitrogens is 1. The summed E-state index contributed by atoms with van der Waals surface area (Å²) < 4.78 is 5.34. The molecule has 1 aliphatic heterocycles. The number of ether oxygens (including phenoxy) is 1. The first-order valence-corrected chi connectivity index (χ1v) is 8.67. The molecule has 1 saturated heterocycles. The van der Waals surface area contributed by atoms with Gasteiger partial charge in [-0.3, -0.25) is 4.79 Å². The van der Waals surface area contributed by atoms with Crippen molar-refractivity contribution < 1.29 is 9.53 Å². The maximum Gasteiger partial charge on any atom is 0.237 e. The molecular formula is C19H28ClN3O2. The number of hydrogen-bond donors (Lipinski definition) is 3. The summed E-state index contributed by atoms with van der Waals surface area (Å²) in [6.45, 7) is 8.18. The van der Waals surface area contributed by atoms with Crippen LogP contribution in [0.15, 0.2) is 12.1 Å². The smallest absolute Gasteiger partial charge is 0.237 e. The Balaban J connectivity index is 0.00000225. The second-order valence-electron chi connectivity index (χ2n) is 6.91. The maximum absolute atomic E-state index is 12.4. The number of carbonyl (C=O) groups is 1. The van der Waals surface area contributed by atoms with Gasteiger partial charge >= 0.3 is 0 Å². The molecule has 0 aliphatic carbocycles. The van der Waals surface area contributed by atoms with Crippen LogP contribution in [0.2, 0.25) is 0 Å². The molecule has 1 amide bonds. The Bertz CT molecular complexity index is 751. The number of aromatic nitrogens is 1. The lowest BCUT2D eigenvalue weighted by molar-refractivity contribution is -0.124. The summed E-state index contributed by atoms with van der Waals surface area (Å²) >= 11 is 0. The predicted octanol–water partition coefficient (Wildman–Crippen LogP) is 2.89. The number of hydrogen-bond acceptors (Lipinski definition) is 3. The molecule has 0 saturated carbocycles. The van der Waals surface area contributed by atoms with Crippen LogP contribution < -0.4 is 11.1 Å². The van der Waals surface area contributed by atoms with E-state index in [1.165, 1.54) is 22.2 Å². The van der Waals surface area contributed by atoms with Gasteiger partial charge in [0, 0.05) is 30.8 Å². The second-order valence-corrected chi connectivity index (χ2v) is 6.91. The third-order valence-corrected chi connectivity index (χ3v) is 5.17.